The lowest BCUT2D eigenvalue weighted by atomic mass is 9.96. The van der Waals surface area contributed by atoms with E-state index in [2.05, 4.69) is 5.32 Å². The van der Waals surface area contributed by atoms with Gasteiger partial charge in [-0.2, -0.15) is 11.8 Å². The van der Waals surface area contributed by atoms with Crippen LogP contribution in [-0.4, -0.2) is 34.7 Å². The molecule has 0 aliphatic carbocycles. The quantitative estimate of drug-likeness (QED) is 0.742. The topological polar surface area (TPSA) is 49.3 Å². The van der Waals surface area contributed by atoms with Crippen LogP contribution in [0.25, 0.3) is 0 Å². The molecule has 82 valence electrons. The Balaban J connectivity index is 2.32. The number of hydrogen-bond donors (Lipinski definition) is 2. The van der Waals surface area contributed by atoms with Crippen molar-refractivity contribution in [2.24, 2.45) is 5.92 Å². The molecule has 0 aromatic carbocycles. The van der Waals surface area contributed by atoms with Gasteiger partial charge in [0.25, 0.3) is 0 Å². The zero-order valence-corrected chi connectivity index (χ0v) is 9.69. The Bertz CT molecular complexity index is 200. The van der Waals surface area contributed by atoms with Crippen LogP contribution in [-0.2, 0) is 4.79 Å². The van der Waals surface area contributed by atoms with Crippen molar-refractivity contribution in [2.45, 2.75) is 32.3 Å². The second-order valence-corrected chi connectivity index (χ2v) is 5.43. The summed E-state index contributed by atoms with van der Waals surface area (Å²) in [6.07, 6.45) is 1.58. The average molecular weight is 217 g/mol. The monoisotopic (exact) mass is 217 g/mol. The van der Waals surface area contributed by atoms with Crippen LogP contribution in [0.2, 0.25) is 0 Å². The van der Waals surface area contributed by atoms with Gasteiger partial charge in [0, 0.05) is 12.5 Å². The highest BCUT2D eigenvalue weighted by Gasteiger charge is 2.29. The lowest BCUT2D eigenvalue weighted by Gasteiger charge is -2.32. The number of carbonyl (C=O) groups excluding carboxylic acids is 1. The Morgan fingerprint density at radius 3 is 2.57 bits per heavy atom. The Morgan fingerprint density at radius 2 is 2.07 bits per heavy atom. The van der Waals surface area contributed by atoms with Gasteiger partial charge in [-0.1, -0.05) is 13.8 Å². The van der Waals surface area contributed by atoms with Gasteiger partial charge in [0.1, 0.15) is 0 Å². The Morgan fingerprint density at radius 1 is 1.50 bits per heavy atom. The van der Waals surface area contributed by atoms with Gasteiger partial charge in [0.2, 0.25) is 5.91 Å². The van der Waals surface area contributed by atoms with E-state index in [0.717, 1.165) is 24.3 Å². The highest BCUT2D eigenvalue weighted by molar-refractivity contribution is 7.99. The van der Waals surface area contributed by atoms with Crippen molar-refractivity contribution in [2.75, 3.05) is 18.1 Å². The van der Waals surface area contributed by atoms with E-state index in [9.17, 15) is 9.90 Å². The van der Waals surface area contributed by atoms with E-state index in [-0.39, 0.29) is 11.8 Å². The van der Waals surface area contributed by atoms with E-state index >= 15 is 0 Å². The minimum Gasteiger partial charge on any atom is -0.388 e. The molecule has 1 aliphatic heterocycles. The number of rotatable bonds is 3. The van der Waals surface area contributed by atoms with Crippen molar-refractivity contribution in [1.29, 1.82) is 0 Å². The molecule has 2 N–H and O–H groups in total. The van der Waals surface area contributed by atoms with E-state index in [1.807, 2.05) is 25.6 Å². The molecule has 4 heteroatoms. The highest BCUT2D eigenvalue weighted by Crippen LogP contribution is 2.26. The van der Waals surface area contributed by atoms with Gasteiger partial charge in [0.15, 0.2) is 0 Å². The van der Waals surface area contributed by atoms with Crippen LogP contribution in [0.3, 0.4) is 0 Å². The van der Waals surface area contributed by atoms with Crippen molar-refractivity contribution >= 4 is 17.7 Å². The van der Waals surface area contributed by atoms with Crippen molar-refractivity contribution < 1.29 is 9.90 Å². The Hall–Kier alpha value is -0.220. The van der Waals surface area contributed by atoms with Crippen molar-refractivity contribution in [3.63, 3.8) is 0 Å². The molecule has 0 unspecified atom stereocenters. The molecule has 0 aromatic rings. The molecule has 0 bridgehead atoms. The van der Waals surface area contributed by atoms with Gasteiger partial charge < -0.3 is 10.4 Å². The summed E-state index contributed by atoms with van der Waals surface area (Å²) in [7, 11) is 0. The predicted octanol–water partition coefficient (Wildman–Crippen LogP) is 1.02. The number of nitrogens with one attached hydrogen (secondary N) is 1. The first-order chi connectivity index (χ1) is 6.53. The standard InChI is InChI=1S/C10H19NO2S/c1-8(2)9(12)11-7-10(13)3-5-14-6-4-10/h8,13H,3-7H2,1-2H3,(H,11,12). The van der Waals surface area contributed by atoms with E-state index < -0.39 is 5.60 Å². The largest absolute Gasteiger partial charge is 0.388 e. The fourth-order valence-electron chi connectivity index (χ4n) is 1.38. The summed E-state index contributed by atoms with van der Waals surface area (Å²) < 4.78 is 0. The zero-order valence-electron chi connectivity index (χ0n) is 8.88. The first kappa shape index (κ1) is 11.9. The van der Waals surface area contributed by atoms with E-state index in [1.165, 1.54) is 0 Å². The minimum atomic E-state index is -0.657. The number of carbonyl (C=O) groups is 1. The molecule has 0 radical (unpaired) electrons. The molecule has 1 heterocycles. The molecular formula is C10H19NO2S. The summed E-state index contributed by atoms with van der Waals surface area (Å²) in [5.41, 5.74) is -0.657. The third kappa shape index (κ3) is 3.50. The average Bonchev–Trinajstić information content (AvgIpc) is 2.15. The van der Waals surface area contributed by atoms with Crippen LogP contribution >= 0.6 is 11.8 Å². The van der Waals surface area contributed by atoms with Gasteiger partial charge in [-0.15, -0.1) is 0 Å². The highest BCUT2D eigenvalue weighted by atomic mass is 32.2. The van der Waals surface area contributed by atoms with Crippen LogP contribution in [0.5, 0.6) is 0 Å². The third-order valence-electron chi connectivity index (χ3n) is 2.54. The fraction of sp³-hybridized carbons (Fsp3) is 0.900. The molecule has 1 amide bonds. The maximum absolute atomic E-state index is 11.3. The maximum atomic E-state index is 11.3. The van der Waals surface area contributed by atoms with Gasteiger partial charge in [0.05, 0.1) is 5.60 Å². The van der Waals surface area contributed by atoms with Gasteiger partial charge in [-0.25, -0.2) is 0 Å². The smallest absolute Gasteiger partial charge is 0.222 e. The maximum Gasteiger partial charge on any atom is 0.222 e. The summed E-state index contributed by atoms with van der Waals surface area (Å²) in [5.74, 6) is 2.01. The number of thioether (sulfide) groups is 1. The molecule has 0 aromatic heterocycles. The molecular weight excluding hydrogens is 198 g/mol. The van der Waals surface area contributed by atoms with Crippen molar-refractivity contribution in [3.05, 3.63) is 0 Å². The number of aliphatic hydroxyl groups is 1. The predicted molar refractivity (Wildman–Crippen MR) is 59.4 cm³/mol. The molecule has 1 fully saturated rings. The SMILES string of the molecule is CC(C)C(=O)NCC1(O)CCSCC1. The Labute approximate surface area is 89.6 Å². The second-order valence-electron chi connectivity index (χ2n) is 4.21. The van der Waals surface area contributed by atoms with E-state index in [4.69, 9.17) is 0 Å². The van der Waals surface area contributed by atoms with Crippen LogP contribution in [0, 0.1) is 5.92 Å². The lowest BCUT2D eigenvalue weighted by Crippen LogP contribution is -2.46. The molecule has 0 saturated carbocycles. The van der Waals surface area contributed by atoms with Crippen LogP contribution < -0.4 is 5.32 Å². The molecule has 1 rings (SSSR count). The molecule has 3 nitrogen and oxygen atoms in total. The van der Waals surface area contributed by atoms with Crippen LogP contribution in [0.1, 0.15) is 26.7 Å². The lowest BCUT2D eigenvalue weighted by molar-refractivity contribution is -0.125. The fourth-order valence-corrected chi connectivity index (χ4v) is 2.64. The summed E-state index contributed by atoms with van der Waals surface area (Å²) in [5, 5.41) is 12.9. The Kier molecular flexibility index (Phi) is 4.26. The summed E-state index contributed by atoms with van der Waals surface area (Å²) in [6, 6.07) is 0. The van der Waals surface area contributed by atoms with Gasteiger partial charge in [-0.05, 0) is 24.3 Å². The normalized spacial score (nSPS) is 20.9. The molecule has 1 saturated heterocycles. The second kappa shape index (κ2) is 5.03. The molecule has 0 spiro atoms. The van der Waals surface area contributed by atoms with Gasteiger partial charge in [-0.3, -0.25) is 4.79 Å². The third-order valence-corrected chi connectivity index (χ3v) is 3.53. The molecule has 1 aliphatic rings. The summed E-state index contributed by atoms with van der Waals surface area (Å²) >= 11 is 1.87. The van der Waals surface area contributed by atoms with E-state index in [0.29, 0.717) is 6.54 Å². The van der Waals surface area contributed by atoms with Crippen LogP contribution in [0.4, 0.5) is 0 Å². The van der Waals surface area contributed by atoms with Gasteiger partial charge >= 0.3 is 0 Å². The number of hydrogen-bond acceptors (Lipinski definition) is 3. The zero-order chi connectivity index (χ0) is 10.6. The van der Waals surface area contributed by atoms with Crippen LogP contribution in [0.15, 0.2) is 0 Å². The first-order valence-corrected chi connectivity index (χ1v) is 6.27. The van der Waals surface area contributed by atoms with Crippen molar-refractivity contribution in [1.82, 2.24) is 5.32 Å². The summed E-state index contributed by atoms with van der Waals surface area (Å²) in [4.78, 5) is 11.3. The first-order valence-electron chi connectivity index (χ1n) is 5.11. The molecule has 14 heavy (non-hydrogen) atoms. The molecule has 0 atom stereocenters. The number of amides is 1. The summed E-state index contributed by atoms with van der Waals surface area (Å²) in [6.45, 7) is 4.12. The van der Waals surface area contributed by atoms with Crippen molar-refractivity contribution in [3.8, 4) is 0 Å². The minimum absolute atomic E-state index is 0.00318. The van der Waals surface area contributed by atoms with E-state index in [1.54, 1.807) is 0 Å².